The molecule has 0 saturated heterocycles. The maximum Gasteiger partial charge on any atom is 0.317 e. The number of likely N-dealkylation sites (N-methyl/N-ethyl adjacent to an activating group) is 1. The van der Waals surface area contributed by atoms with Crippen LogP contribution in [0.5, 0.6) is 5.75 Å². The minimum absolute atomic E-state index is 0.152. The number of halogens is 2. The number of carboxylic acids is 1. The van der Waals surface area contributed by atoms with Gasteiger partial charge in [0.05, 0.1) is 35.1 Å². The Morgan fingerprint density at radius 1 is 1.02 bits per heavy atom. The van der Waals surface area contributed by atoms with Crippen LogP contribution in [0.25, 0.3) is 22.3 Å². The Kier molecular flexibility index (Phi) is 8.84. The zero-order valence-corrected chi connectivity index (χ0v) is 25.0. The lowest BCUT2D eigenvalue weighted by atomic mass is 9.97. The van der Waals surface area contributed by atoms with Crippen LogP contribution in [-0.4, -0.2) is 58.7 Å². The SMILES string of the molecule is COc1cc(-c2cccc(-c3cccc(NC(=O)c4nc5c(n4C)CCN(C)C5)c3Cl)c2Cl)ccc1CNCC(=O)O. The van der Waals surface area contributed by atoms with Gasteiger partial charge in [-0.15, -0.1) is 0 Å². The number of amides is 1. The summed E-state index contributed by atoms with van der Waals surface area (Å²) in [4.78, 5) is 30.9. The van der Waals surface area contributed by atoms with E-state index < -0.39 is 5.97 Å². The van der Waals surface area contributed by atoms with Crippen molar-refractivity contribution in [3.8, 4) is 28.0 Å². The van der Waals surface area contributed by atoms with Crippen molar-refractivity contribution in [2.45, 2.75) is 19.5 Å². The van der Waals surface area contributed by atoms with Gasteiger partial charge in [-0.3, -0.25) is 9.59 Å². The zero-order valence-electron chi connectivity index (χ0n) is 23.5. The normalized spacial score (nSPS) is 13.1. The van der Waals surface area contributed by atoms with E-state index in [1.165, 1.54) is 0 Å². The fourth-order valence-electron chi connectivity index (χ4n) is 5.20. The van der Waals surface area contributed by atoms with Gasteiger partial charge in [0.25, 0.3) is 5.91 Å². The number of imidazole rings is 1. The van der Waals surface area contributed by atoms with Gasteiger partial charge in [0.15, 0.2) is 5.82 Å². The molecular formula is C31H31Cl2N5O4. The summed E-state index contributed by atoms with van der Waals surface area (Å²) in [7, 11) is 5.47. The number of hydrogen-bond donors (Lipinski definition) is 3. The smallest absolute Gasteiger partial charge is 0.317 e. The Balaban J connectivity index is 1.42. The van der Waals surface area contributed by atoms with Crippen molar-refractivity contribution < 1.29 is 19.4 Å². The summed E-state index contributed by atoms with van der Waals surface area (Å²) in [5.74, 6) is -0.317. The number of ether oxygens (including phenoxy) is 1. The number of carboxylic acid groups (broad SMARTS) is 1. The quantitative estimate of drug-likeness (QED) is 0.231. The number of anilines is 1. The van der Waals surface area contributed by atoms with Gasteiger partial charge in [-0.2, -0.15) is 0 Å². The van der Waals surface area contributed by atoms with Crippen LogP contribution >= 0.6 is 23.2 Å². The van der Waals surface area contributed by atoms with E-state index in [1.54, 1.807) is 13.2 Å². The number of aliphatic carboxylic acids is 1. The summed E-state index contributed by atoms with van der Waals surface area (Å²) in [6.45, 7) is 1.82. The van der Waals surface area contributed by atoms with E-state index in [4.69, 9.17) is 33.0 Å². The van der Waals surface area contributed by atoms with Crippen LogP contribution in [0.3, 0.4) is 0 Å². The maximum absolute atomic E-state index is 13.3. The molecule has 0 radical (unpaired) electrons. The van der Waals surface area contributed by atoms with E-state index >= 15 is 0 Å². The number of aromatic nitrogens is 2. The molecule has 0 aliphatic carbocycles. The maximum atomic E-state index is 13.3. The summed E-state index contributed by atoms with van der Waals surface area (Å²) in [5, 5.41) is 15.6. The minimum atomic E-state index is -0.931. The predicted molar refractivity (Wildman–Crippen MR) is 164 cm³/mol. The standard InChI is InChI=1S/C31H31Cl2N5O4/c1-37-13-12-25-24(17-37)35-30(38(25)2)31(41)36-23-9-5-8-22(29(23)33)21-7-4-6-20(28(21)32)18-10-11-19(26(14-18)42-3)15-34-16-27(39)40/h4-11,14,34H,12-13,15-17H2,1-3H3,(H,36,41)(H,39,40). The molecule has 218 valence electrons. The molecule has 9 nitrogen and oxygen atoms in total. The molecule has 0 fully saturated rings. The molecule has 1 amide bonds. The lowest BCUT2D eigenvalue weighted by Gasteiger charge is -2.21. The summed E-state index contributed by atoms with van der Waals surface area (Å²) < 4.78 is 7.43. The third-order valence-electron chi connectivity index (χ3n) is 7.38. The molecule has 3 N–H and O–H groups in total. The van der Waals surface area contributed by atoms with Crippen molar-refractivity contribution in [3.05, 3.63) is 87.4 Å². The highest BCUT2D eigenvalue weighted by molar-refractivity contribution is 6.39. The van der Waals surface area contributed by atoms with Gasteiger partial charge < -0.3 is 29.9 Å². The van der Waals surface area contributed by atoms with Gasteiger partial charge in [-0.05, 0) is 24.7 Å². The van der Waals surface area contributed by atoms with Crippen molar-refractivity contribution in [1.82, 2.24) is 19.8 Å². The van der Waals surface area contributed by atoms with E-state index in [0.717, 1.165) is 41.0 Å². The van der Waals surface area contributed by atoms with Crippen LogP contribution in [0, 0.1) is 0 Å². The highest BCUT2D eigenvalue weighted by Crippen LogP contribution is 2.42. The van der Waals surface area contributed by atoms with Crippen molar-refractivity contribution in [2.24, 2.45) is 7.05 Å². The first-order valence-electron chi connectivity index (χ1n) is 13.4. The number of nitrogens with zero attached hydrogens (tertiary/aromatic N) is 3. The Bertz CT molecular complexity index is 1670. The fraction of sp³-hybridized carbons (Fsp3) is 0.258. The molecule has 1 aromatic heterocycles. The molecule has 3 aromatic carbocycles. The molecular weight excluding hydrogens is 577 g/mol. The monoisotopic (exact) mass is 607 g/mol. The Labute approximate surface area is 254 Å². The van der Waals surface area contributed by atoms with E-state index in [0.29, 0.717) is 51.5 Å². The van der Waals surface area contributed by atoms with Crippen LogP contribution in [0.4, 0.5) is 5.69 Å². The summed E-state index contributed by atoms with van der Waals surface area (Å²) >= 11 is 13.8. The molecule has 1 aliphatic heterocycles. The average Bonchev–Trinajstić information content (AvgIpc) is 3.29. The molecule has 0 unspecified atom stereocenters. The van der Waals surface area contributed by atoms with Crippen molar-refractivity contribution in [3.63, 3.8) is 0 Å². The number of benzene rings is 3. The number of carbonyl (C=O) groups is 2. The van der Waals surface area contributed by atoms with Gasteiger partial charge in [-0.1, -0.05) is 65.7 Å². The van der Waals surface area contributed by atoms with Gasteiger partial charge in [-0.25, -0.2) is 4.98 Å². The topological polar surface area (TPSA) is 109 Å². The Morgan fingerprint density at radius 3 is 2.48 bits per heavy atom. The number of carbonyl (C=O) groups excluding carboxylic acids is 1. The van der Waals surface area contributed by atoms with Gasteiger partial charge in [0.1, 0.15) is 5.75 Å². The molecule has 4 aromatic rings. The molecule has 5 rings (SSSR count). The summed E-state index contributed by atoms with van der Waals surface area (Å²) in [6.07, 6.45) is 0.837. The number of nitrogens with one attached hydrogen (secondary N) is 2. The van der Waals surface area contributed by atoms with E-state index in [1.807, 2.05) is 67.2 Å². The van der Waals surface area contributed by atoms with Crippen LogP contribution in [0.15, 0.2) is 54.6 Å². The first kappa shape index (κ1) is 29.6. The van der Waals surface area contributed by atoms with Crippen LogP contribution in [0.2, 0.25) is 10.0 Å². The number of hydrogen-bond acceptors (Lipinski definition) is 6. The van der Waals surface area contributed by atoms with E-state index in [-0.39, 0.29) is 12.5 Å². The highest BCUT2D eigenvalue weighted by Gasteiger charge is 2.25. The third kappa shape index (κ3) is 6.00. The predicted octanol–water partition coefficient (Wildman–Crippen LogP) is 5.48. The van der Waals surface area contributed by atoms with Gasteiger partial charge >= 0.3 is 5.97 Å². The first-order chi connectivity index (χ1) is 20.2. The van der Waals surface area contributed by atoms with Crippen molar-refractivity contribution >= 4 is 40.8 Å². The molecule has 0 saturated carbocycles. The Morgan fingerprint density at radius 2 is 1.74 bits per heavy atom. The molecule has 0 spiro atoms. The van der Waals surface area contributed by atoms with E-state index in [9.17, 15) is 9.59 Å². The first-order valence-corrected chi connectivity index (χ1v) is 14.1. The molecule has 1 aliphatic rings. The van der Waals surface area contributed by atoms with E-state index in [2.05, 4.69) is 20.5 Å². The van der Waals surface area contributed by atoms with Gasteiger partial charge in [0, 0.05) is 61.1 Å². The fourth-order valence-corrected chi connectivity index (χ4v) is 5.81. The molecule has 2 heterocycles. The third-order valence-corrected chi connectivity index (χ3v) is 8.19. The number of fused-ring (bicyclic) bond motifs is 1. The van der Waals surface area contributed by atoms with Crippen molar-refractivity contribution in [1.29, 1.82) is 0 Å². The summed E-state index contributed by atoms with van der Waals surface area (Å²) in [5.41, 5.74) is 6.24. The van der Waals surface area contributed by atoms with Crippen LogP contribution in [-0.2, 0) is 31.4 Å². The largest absolute Gasteiger partial charge is 0.496 e. The van der Waals surface area contributed by atoms with Crippen LogP contribution < -0.4 is 15.4 Å². The number of rotatable bonds is 9. The van der Waals surface area contributed by atoms with Crippen molar-refractivity contribution in [2.75, 3.05) is 32.6 Å². The minimum Gasteiger partial charge on any atom is -0.496 e. The molecule has 11 heteroatoms. The second-order valence-electron chi connectivity index (χ2n) is 10.2. The lowest BCUT2D eigenvalue weighted by Crippen LogP contribution is -2.27. The second kappa shape index (κ2) is 12.5. The number of methoxy groups -OCH3 is 1. The van der Waals surface area contributed by atoms with Gasteiger partial charge in [0.2, 0.25) is 0 Å². The molecule has 42 heavy (non-hydrogen) atoms. The zero-order chi connectivity index (χ0) is 30.0. The molecule has 0 atom stereocenters. The summed E-state index contributed by atoms with van der Waals surface area (Å²) in [6, 6.07) is 16.8. The lowest BCUT2D eigenvalue weighted by molar-refractivity contribution is -0.136. The second-order valence-corrected chi connectivity index (χ2v) is 10.9. The van der Waals surface area contributed by atoms with Crippen LogP contribution in [0.1, 0.15) is 27.6 Å². The Hall–Kier alpha value is -3.89. The molecule has 0 bridgehead atoms. The highest BCUT2D eigenvalue weighted by atomic mass is 35.5. The average molecular weight is 609 g/mol.